The average molecular weight is 311 g/mol. The van der Waals surface area contributed by atoms with Gasteiger partial charge in [0.15, 0.2) is 5.78 Å². The summed E-state index contributed by atoms with van der Waals surface area (Å²) in [4.78, 5) is 11.0. The minimum atomic E-state index is -4.48. The first-order valence-corrected chi connectivity index (χ1v) is 7.27. The second kappa shape index (κ2) is 5.17. The molecule has 0 aliphatic heterocycles. The molecule has 1 aliphatic rings. The summed E-state index contributed by atoms with van der Waals surface area (Å²) in [5.41, 5.74) is 0. The third kappa shape index (κ3) is 4.04. The fraction of sp³-hybridized carbons (Fsp3) is 0.600. The standard InChI is InChI=1S/C10H12F3N3O3S/c11-10(12,13)6-16-5-8(3-14-16)20(18,19)15-4-9(17)7-1-2-7/h3,5,7,15H,1-2,4,6H2. The number of Topliss-reactive ketones (excluding diaryl/α,β-unsaturated/α-hetero) is 1. The molecule has 1 fully saturated rings. The van der Waals surface area contributed by atoms with Crippen LogP contribution in [0.4, 0.5) is 13.2 Å². The highest BCUT2D eigenvalue weighted by atomic mass is 32.2. The fourth-order valence-corrected chi connectivity index (χ4v) is 2.50. The molecule has 1 aromatic rings. The van der Waals surface area contributed by atoms with Gasteiger partial charge in [0, 0.05) is 12.1 Å². The van der Waals surface area contributed by atoms with Gasteiger partial charge in [-0.25, -0.2) is 13.1 Å². The van der Waals surface area contributed by atoms with E-state index in [4.69, 9.17) is 0 Å². The Labute approximate surface area is 113 Å². The quantitative estimate of drug-likeness (QED) is 0.838. The Morgan fingerprint density at radius 1 is 1.45 bits per heavy atom. The number of rotatable bonds is 6. The van der Waals surface area contributed by atoms with Gasteiger partial charge in [-0.1, -0.05) is 0 Å². The number of halogens is 3. The second-order valence-electron chi connectivity index (χ2n) is 4.55. The van der Waals surface area contributed by atoms with Crippen LogP contribution in [0.3, 0.4) is 0 Å². The van der Waals surface area contributed by atoms with E-state index in [-0.39, 0.29) is 18.2 Å². The maximum atomic E-state index is 12.1. The van der Waals surface area contributed by atoms with Gasteiger partial charge in [0.2, 0.25) is 10.0 Å². The number of hydrogen-bond donors (Lipinski definition) is 1. The van der Waals surface area contributed by atoms with E-state index in [1.54, 1.807) is 0 Å². The normalized spacial score (nSPS) is 16.4. The first kappa shape index (κ1) is 15.0. The topological polar surface area (TPSA) is 81.1 Å². The molecular weight excluding hydrogens is 299 g/mol. The lowest BCUT2D eigenvalue weighted by Gasteiger charge is -2.05. The van der Waals surface area contributed by atoms with Gasteiger partial charge in [0.05, 0.1) is 12.7 Å². The molecule has 0 saturated heterocycles. The Morgan fingerprint density at radius 2 is 2.10 bits per heavy atom. The van der Waals surface area contributed by atoms with Crippen LogP contribution in [0.1, 0.15) is 12.8 Å². The first-order chi connectivity index (χ1) is 9.17. The van der Waals surface area contributed by atoms with Crippen LogP contribution in [0.2, 0.25) is 0 Å². The SMILES string of the molecule is O=C(CNS(=O)(=O)c1cnn(CC(F)(F)F)c1)C1CC1. The zero-order valence-corrected chi connectivity index (χ0v) is 11.0. The molecule has 0 amide bonds. The maximum absolute atomic E-state index is 12.1. The lowest BCUT2D eigenvalue weighted by molar-refractivity contribution is -0.142. The van der Waals surface area contributed by atoms with Crippen LogP contribution >= 0.6 is 0 Å². The highest BCUT2D eigenvalue weighted by molar-refractivity contribution is 7.89. The molecule has 0 atom stereocenters. The van der Waals surface area contributed by atoms with Crippen molar-refractivity contribution in [1.82, 2.24) is 14.5 Å². The van der Waals surface area contributed by atoms with Crippen molar-refractivity contribution in [3.05, 3.63) is 12.4 Å². The summed E-state index contributed by atoms with van der Waals surface area (Å²) in [7, 11) is -4.02. The molecule has 112 valence electrons. The summed E-state index contributed by atoms with van der Waals surface area (Å²) in [5.74, 6) is -0.304. The van der Waals surface area contributed by atoms with Crippen molar-refractivity contribution in [3.63, 3.8) is 0 Å². The molecule has 6 nitrogen and oxygen atoms in total. The molecule has 10 heteroatoms. The van der Waals surface area contributed by atoms with E-state index >= 15 is 0 Å². The molecule has 0 radical (unpaired) electrons. The summed E-state index contributed by atoms with van der Waals surface area (Å²) in [5, 5.41) is 3.33. The zero-order valence-electron chi connectivity index (χ0n) is 10.2. The van der Waals surface area contributed by atoms with Gasteiger partial charge in [-0.2, -0.15) is 18.3 Å². The minimum Gasteiger partial charge on any atom is -0.298 e. The lowest BCUT2D eigenvalue weighted by Crippen LogP contribution is -2.30. The fourth-order valence-electron chi connectivity index (χ4n) is 1.55. The van der Waals surface area contributed by atoms with Crippen molar-refractivity contribution in [3.8, 4) is 0 Å². The van der Waals surface area contributed by atoms with Crippen molar-refractivity contribution in [2.45, 2.75) is 30.5 Å². The molecule has 1 aromatic heterocycles. The Hall–Kier alpha value is -1.42. The summed E-state index contributed by atoms with van der Waals surface area (Å²) >= 11 is 0. The van der Waals surface area contributed by atoms with E-state index in [0.717, 1.165) is 25.2 Å². The first-order valence-electron chi connectivity index (χ1n) is 5.79. The van der Waals surface area contributed by atoms with Gasteiger partial charge in [-0.15, -0.1) is 0 Å². The van der Waals surface area contributed by atoms with Gasteiger partial charge < -0.3 is 0 Å². The summed E-state index contributed by atoms with van der Waals surface area (Å²) in [6.45, 7) is -1.72. The largest absolute Gasteiger partial charge is 0.408 e. The monoisotopic (exact) mass is 311 g/mol. The molecule has 0 bridgehead atoms. The Kier molecular flexibility index (Phi) is 3.87. The maximum Gasteiger partial charge on any atom is 0.408 e. The molecule has 20 heavy (non-hydrogen) atoms. The van der Waals surface area contributed by atoms with E-state index in [1.165, 1.54) is 0 Å². The van der Waals surface area contributed by atoms with Gasteiger partial charge in [-0.3, -0.25) is 9.48 Å². The van der Waals surface area contributed by atoms with Crippen molar-refractivity contribution in [1.29, 1.82) is 0 Å². The smallest absolute Gasteiger partial charge is 0.298 e. The second-order valence-corrected chi connectivity index (χ2v) is 6.32. The molecule has 1 N–H and O–H groups in total. The molecule has 2 rings (SSSR count). The van der Waals surface area contributed by atoms with Gasteiger partial charge >= 0.3 is 6.18 Å². The number of hydrogen-bond acceptors (Lipinski definition) is 4. The number of sulfonamides is 1. The summed E-state index contributed by atoms with van der Waals surface area (Å²) in [6, 6.07) is 0. The van der Waals surface area contributed by atoms with Crippen LogP contribution in [0.25, 0.3) is 0 Å². The van der Waals surface area contributed by atoms with Gasteiger partial charge in [0.1, 0.15) is 11.4 Å². The number of nitrogens with zero attached hydrogens (tertiary/aromatic N) is 2. The van der Waals surface area contributed by atoms with Crippen molar-refractivity contribution < 1.29 is 26.4 Å². The number of carbonyl (C=O) groups excluding carboxylic acids is 1. The van der Waals surface area contributed by atoms with Crippen molar-refractivity contribution in [2.75, 3.05) is 6.54 Å². The van der Waals surface area contributed by atoms with Crippen LogP contribution in [0.5, 0.6) is 0 Å². The van der Waals surface area contributed by atoms with E-state index in [9.17, 15) is 26.4 Å². The van der Waals surface area contributed by atoms with Crippen LogP contribution in [-0.2, 0) is 21.4 Å². The average Bonchev–Trinajstić information content (AvgIpc) is 3.05. The molecule has 1 saturated carbocycles. The van der Waals surface area contributed by atoms with Crippen LogP contribution in [-0.4, -0.2) is 36.7 Å². The number of ketones is 1. The van der Waals surface area contributed by atoms with Gasteiger partial charge in [0.25, 0.3) is 0 Å². The molecule has 0 spiro atoms. The number of alkyl halides is 3. The third-order valence-electron chi connectivity index (χ3n) is 2.73. The predicted molar refractivity (Wildman–Crippen MR) is 61.2 cm³/mol. The van der Waals surface area contributed by atoms with E-state index in [2.05, 4.69) is 9.82 Å². The highest BCUT2D eigenvalue weighted by Gasteiger charge is 2.31. The summed E-state index contributed by atoms with van der Waals surface area (Å²) in [6.07, 6.45) is -1.39. The molecule has 0 aromatic carbocycles. The summed E-state index contributed by atoms with van der Waals surface area (Å²) < 4.78 is 62.4. The van der Waals surface area contributed by atoms with E-state index in [0.29, 0.717) is 4.68 Å². The third-order valence-corrected chi connectivity index (χ3v) is 4.09. The Morgan fingerprint density at radius 3 is 2.65 bits per heavy atom. The van der Waals surface area contributed by atoms with E-state index in [1.807, 2.05) is 0 Å². The Bertz CT molecular complexity index is 605. The van der Waals surface area contributed by atoms with Gasteiger partial charge in [-0.05, 0) is 12.8 Å². The predicted octanol–water partition coefficient (Wildman–Crippen LogP) is 0.703. The highest BCUT2D eigenvalue weighted by Crippen LogP contribution is 2.29. The van der Waals surface area contributed by atoms with Crippen LogP contribution in [0, 0.1) is 5.92 Å². The molecule has 0 unspecified atom stereocenters. The Balaban J connectivity index is 2.00. The van der Waals surface area contributed by atoms with Crippen LogP contribution < -0.4 is 4.72 Å². The zero-order chi connectivity index (χ0) is 15.0. The minimum absolute atomic E-state index is 0.0920. The molecule has 1 heterocycles. The lowest BCUT2D eigenvalue weighted by atomic mass is 10.3. The molecular formula is C10H12F3N3O3S. The number of nitrogens with one attached hydrogen (secondary N) is 1. The number of carbonyl (C=O) groups is 1. The van der Waals surface area contributed by atoms with Crippen molar-refractivity contribution >= 4 is 15.8 Å². The molecule has 1 aliphatic carbocycles. The van der Waals surface area contributed by atoms with Crippen LogP contribution in [0.15, 0.2) is 17.3 Å². The van der Waals surface area contributed by atoms with Crippen molar-refractivity contribution in [2.24, 2.45) is 5.92 Å². The van der Waals surface area contributed by atoms with E-state index < -0.39 is 27.6 Å². The number of aromatic nitrogens is 2.